The van der Waals surface area contributed by atoms with Crippen LogP contribution >= 0.6 is 11.3 Å². The van der Waals surface area contributed by atoms with Crippen LogP contribution in [0.2, 0.25) is 0 Å². The molecule has 3 nitrogen and oxygen atoms in total. The highest BCUT2D eigenvalue weighted by molar-refractivity contribution is 7.10. The molecule has 1 rings (SSSR count). The van der Waals surface area contributed by atoms with Gasteiger partial charge in [-0.05, 0) is 17.0 Å². The molecule has 13 heavy (non-hydrogen) atoms. The molecule has 0 aliphatic heterocycles. The van der Waals surface area contributed by atoms with E-state index in [0.717, 1.165) is 10.4 Å². The Balaban J connectivity index is 2.70. The van der Waals surface area contributed by atoms with Gasteiger partial charge in [0.1, 0.15) is 0 Å². The van der Waals surface area contributed by atoms with Crippen LogP contribution in [0.3, 0.4) is 0 Å². The first-order chi connectivity index (χ1) is 6.27. The largest absolute Gasteiger partial charge is 0.323 e. The minimum atomic E-state index is -0.214. The van der Waals surface area contributed by atoms with E-state index in [4.69, 9.17) is 16.3 Å². The molecule has 0 fully saturated rings. The maximum atomic E-state index is 8.44. The van der Waals surface area contributed by atoms with E-state index >= 15 is 0 Å². The van der Waals surface area contributed by atoms with Crippen molar-refractivity contribution >= 4 is 11.3 Å². The summed E-state index contributed by atoms with van der Waals surface area (Å²) in [4.78, 5) is 1.01. The van der Waals surface area contributed by atoms with Gasteiger partial charge in [0, 0.05) is 10.9 Å². The Kier molecular flexibility index (Phi) is 3.45. The van der Waals surface area contributed by atoms with Crippen molar-refractivity contribution in [2.75, 3.05) is 0 Å². The Morgan fingerprint density at radius 3 is 2.85 bits per heavy atom. The fourth-order valence-electron chi connectivity index (χ4n) is 0.979. The highest BCUT2D eigenvalue weighted by Gasteiger charge is 2.07. The summed E-state index contributed by atoms with van der Waals surface area (Å²) < 4.78 is 0. The van der Waals surface area contributed by atoms with Crippen LogP contribution in [-0.4, -0.2) is 0 Å². The van der Waals surface area contributed by atoms with Gasteiger partial charge in [0.2, 0.25) is 0 Å². The third-order valence-electron chi connectivity index (χ3n) is 1.67. The van der Waals surface area contributed by atoms with Crippen LogP contribution in [0, 0.1) is 22.7 Å². The molecule has 1 aromatic rings. The number of nitriles is 2. The highest BCUT2D eigenvalue weighted by atomic mass is 32.1. The van der Waals surface area contributed by atoms with E-state index in [1.807, 2.05) is 17.5 Å². The van der Waals surface area contributed by atoms with E-state index in [-0.39, 0.29) is 6.04 Å². The molecule has 0 saturated carbocycles. The number of nitrogens with zero attached hydrogens (tertiary/aromatic N) is 2. The van der Waals surface area contributed by atoms with Gasteiger partial charge in [-0.15, -0.1) is 11.3 Å². The third-order valence-corrected chi connectivity index (χ3v) is 2.62. The molecule has 0 amide bonds. The number of rotatable bonds is 3. The van der Waals surface area contributed by atoms with Crippen molar-refractivity contribution in [2.24, 2.45) is 5.73 Å². The van der Waals surface area contributed by atoms with Crippen molar-refractivity contribution in [3.63, 3.8) is 0 Å². The number of thiophene rings is 1. The molecule has 1 atom stereocenters. The quantitative estimate of drug-likeness (QED) is 0.790. The SMILES string of the molecule is N#CCc1cc(C(N)CC#N)cs1. The summed E-state index contributed by atoms with van der Waals surface area (Å²) in [7, 11) is 0. The fraction of sp³-hybridized carbons (Fsp3) is 0.333. The van der Waals surface area contributed by atoms with Crippen LogP contribution in [0.4, 0.5) is 0 Å². The monoisotopic (exact) mass is 191 g/mol. The zero-order valence-corrected chi connectivity index (χ0v) is 7.84. The summed E-state index contributed by atoms with van der Waals surface area (Å²) in [6, 6.07) is 5.78. The molecule has 4 heteroatoms. The zero-order chi connectivity index (χ0) is 9.68. The van der Waals surface area contributed by atoms with Gasteiger partial charge in [0.15, 0.2) is 0 Å². The van der Waals surface area contributed by atoms with Crippen molar-refractivity contribution in [1.82, 2.24) is 0 Å². The van der Waals surface area contributed by atoms with Crippen LogP contribution in [0.1, 0.15) is 22.9 Å². The summed E-state index contributed by atoms with van der Waals surface area (Å²) in [6.45, 7) is 0. The summed E-state index contributed by atoms with van der Waals surface area (Å²) in [5.41, 5.74) is 6.67. The normalized spacial score (nSPS) is 11.6. The number of hydrogen-bond donors (Lipinski definition) is 1. The number of hydrogen-bond acceptors (Lipinski definition) is 4. The first kappa shape index (κ1) is 9.73. The van der Waals surface area contributed by atoms with Crippen molar-refractivity contribution in [3.8, 4) is 12.1 Å². The molecule has 1 unspecified atom stereocenters. The van der Waals surface area contributed by atoms with Gasteiger partial charge in [-0.25, -0.2) is 0 Å². The Bertz CT molecular complexity index is 356. The van der Waals surface area contributed by atoms with E-state index < -0.39 is 0 Å². The first-order valence-corrected chi connectivity index (χ1v) is 4.72. The van der Waals surface area contributed by atoms with Crippen LogP contribution in [0.5, 0.6) is 0 Å². The molecule has 0 aliphatic carbocycles. The van der Waals surface area contributed by atoms with Crippen LogP contribution in [0.25, 0.3) is 0 Å². The Hall–Kier alpha value is -1.36. The lowest BCUT2D eigenvalue weighted by molar-refractivity contribution is 0.751. The molecule has 1 heterocycles. The molecule has 0 radical (unpaired) electrons. The van der Waals surface area contributed by atoms with Crippen molar-refractivity contribution in [1.29, 1.82) is 10.5 Å². The van der Waals surface area contributed by atoms with Gasteiger partial charge in [0.25, 0.3) is 0 Å². The lowest BCUT2D eigenvalue weighted by Gasteiger charge is -2.02. The second kappa shape index (κ2) is 4.61. The molecule has 66 valence electrons. The molecule has 0 aliphatic rings. The average Bonchev–Trinajstić information content (AvgIpc) is 2.54. The standard InChI is InChI=1S/C9H9N3S/c10-3-1-8-5-7(6-13-8)9(12)2-4-11/h5-6,9H,1-2,12H2. The highest BCUT2D eigenvalue weighted by Crippen LogP contribution is 2.21. The second-order valence-corrected chi connectivity index (χ2v) is 3.65. The molecule has 0 aromatic carbocycles. The van der Waals surface area contributed by atoms with E-state index in [2.05, 4.69) is 6.07 Å². The third kappa shape index (κ3) is 2.55. The molecule has 0 bridgehead atoms. The van der Waals surface area contributed by atoms with E-state index in [1.54, 1.807) is 0 Å². The van der Waals surface area contributed by atoms with Gasteiger partial charge >= 0.3 is 0 Å². The molecular weight excluding hydrogens is 182 g/mol. The van der Waals surface area contributed by atoms with Crippen molar-refractivity contribution < 1.29 is 0 Å². The zero-order valence-electron chi connectivity index (χ0n) is 7.03. The van der Waals surface area contributed by atoms with Crippen LogP contribution in [0.15, 0.2) is 11.4 Å². The Labute approximate surface area is 81.0 Å². The summed E-state index contributed by atoms with van der Waals surface area (Å²) in [5.74, 6) is 0. The molecule has 0 spiro atoms. The maximum absolute atomic E-state index is 8.44. The van der Waals surface area contributed by atoms with E-state index in [1.165, 1.54) is 11.3 Å². The fourth-order valence-corrected chi connectivity index (χ4v) is 1.86. The predicted molar refractivity (Wildman–Crippen MR) is 50.8 cm³/mol. The number of nitrogens with two attached hydrogens (primary N) is 1. The van der Waals surface area contributed by atoms with Crippen LogP contribution in [-0.2, 0) is 6.42 Å². The van der Waals surface area contributed by atoms with Crippen LogP contribution < -0.4 is 5.73 Å². The molecular formula is C9H9N3S. The molecule has 0 saturated heterocycles. The van der Waals surface area contributed by atoms with E-state index in [0.29, 0.717) is 12.8 Å². The molecule has 2 N–H and O–H groups in total. The lowest BCUT2D eigenvalue weighted by atomic mass is 10.1. The van der Waals surface area contributed by atoms with Gasteiger partial charge in [-0.3, -0.25) is 0 Å². The van der Waals surface area contributed by atoms with Gasteiger partial charge in [-0.1, -0.05) is 0 Å². The lowest BCUT2D eigenvalue weighted by Crippen LogP contribution is -2.07. The Morgan fingerprint density at radius 2 is 2.23 bits per heavy atom. The topological polar surface area (TPSA) is 73.6 Å². The second-order valence-electron chi connectivity index (χ2n) is 2.65. The van der Waals surface area contributed by atoms with Gasteiger partial charge in [-0.2, -0.15) is 10.5 Å². The predicted octanol–water partition coefficient (Wildman–Crippen LogP) is 1.73. The van der Waals surface area contributed by atoms with Gasteiger partial charge < -0.3 is 5.73 Å². The first-order valence-electron chi connectivity index (χ1n) is 3.84. The van der Waals surface area contributed by atoms with Gasteiger partial charge in [0.05, 0.1) is 25.0 Å². The summed E-state index contributed by atoms with van der Waals surface area (Å²) >= 11 is 1.52. The van der Waals surface area contributed by atoms with Crippen molar-refractivity contribution in [3.05, 3.63) is 21.9 Å². The molecule has 1 aromatic heterocycles. The van der Waals surface area contributed by atoms with Crippen molar-refractivity contribution in [2.45, 2.75) is 18.9 Å². The van der Waals surface area contributed by atoms with E-state index in [9.17, 15) is 0 Å². The maximum Gasteiger partial charge on any atom is 0.0695 e. The average molecular weight is 191 g/mol. The summed E-state index contributed by atoms with van der Waals surface area (Å²) in [5, 5.41) is 18.8. The minimum absolute atomic E-state index is 0.214. The summed E-state index contributed by atoms with van der Waals surface area (Å²) in [6.07, 6.45) is 0.743. The smallest absolute Gasteiger partial charge is 0.0695 e. The minimum Gasteiger partial charge on any atom is -0.323 e. The Morgan fingerprint density at radius 1 is 1.46 bits per heavy atom.